The van der Waals surface area contributed by atoms with Crippen molar-refractivity contribution in [2.45, 2.75) is 31.8 Å². The highest BCUT2D eigenvalue weighted by atomic mass is 16.3. The molecule has 0 saturated carbocycles. The topological polar surface area (TPSA) is 81.9 Å². The molecule has 8 heteroatoms. The van der Waals surface area contributed by atoms with Gasteiger partial charge < -0.3 is 19.5 Å². The SMILES string of the molecule is C[C@H]1[C@H](NC(=O)c2cc3c(N4CCN(C)C(=O)C4)coc3cn2)C2CCN1CC2. The molecule has 4 aliphatic heterocycles. The number of piperazine rings is 1. The van der Waals surface area contributed by atoms with E-state index in [4.69, 9.17) is 4.42 Å². The van der Waals surface area contributed by atoms with Crippen molar-refractivity contribution in [1.82, 2.24) is 20.1 Å². The Bertz CT molecular complexity index is 947. The first-order chi connectivity index (χ1) is 14.0. The van der Waals surface area contributed by atoms with Crippen LogP contribution in [-0.2, 0) is 4.79 Å². The molecule has 2 amide bonds. The number of piperidine rings is 3. The van der Waals surface area contributed by atoms with Gasteiger partial charge in [-0.25, -0.2) is 4.98 Å². The molecule has 0 aromatic carbocycles. The molecule has 0 unspecified atom stereocenters. The van der Waals surface area contributed by atoms with Gasteiger partial charge in [0.05, 0.1) is 18.4 Å². The number of carbonyl (C=O) groups excluding carboxylic acids is 2. The summed E-state index contributed by atoms with van der Waals surface area (Å²) in [5, 5.41) is 4.06. The van der Waals surface area contributed by atoms with Crippen LogP contribution in [0, 0.1) is 5.92 Å². The van der Waals surface area contributed by atoms with Crippen molar-refractivity contribution in [1.29, 1.82) is 0 Å². The van der Waals surface area contributed by atoms with Gasteiger partial charge in [0.2, 0.25) is 5.91 Å². The Morgan fingerprint density at radius 2 is 2.03 bits per heavy atom. The molecule has 29 heavy (non-hydrogen) atoms. The highest BCUT2D eigenvalue weighted by molar-refractivity contribution is 6.00. The predicted octanol–water partition coefficient (Wildman–Crippen LogP) is 1.32. The van der Waals surface area contributed by atoms with E-state index in [-0.39, 0.29) is 17.9 Å². The third kappa shape index (κ3) is 3.15. The van der Waals surface area contributed by atoms with Crippen LogP contribution in [0.15, 0.2) is 22.9 Å². The first kappa shape index (κ1) is 18.4. The zero-order chi connectivity index (χ0) is 20.1. The van der Waals surface area contributed by atoms with Crippen LogP contribution in [0.2, 0.25) is 0 Å². The number of aromatic nitrogens is 1. The van der Waals surface area contributed by atoms with Crippen molar-refractivity contribution in [3.05, 3.63) is 24.2 Å². The van der Waals surface area contributed by atoms with E-state index < -0.39 is 0 Å². The Morgan fingerprint density at radius 3 is 2.76 bits per heavy atom. The summed E-state index contributed by atoms with van der Waals surface area (Å²) in [6.07, 6.45) is 5.55. The fraction of sp³-hybridized carbons (Fsp3) is 0.571. The number of likely N-dealkylation sites (N-methyl/N-ethyl adjacent to an activating group) is 1. The Kier molecular flexibility index (Phi) is 4.46. The highest BCUT2D eigenvalue weighted by Gasteiger charge is 2.40. The Morgan fingerprint density at radius 1 is 1.24 bits per heavy atom. The molecule has 2 atom stereocenters. The van der Waals surface area contributed by atoms with Crippen LogP contribution in [0.1, 0.15) is 30.3 Å². The third-order valence-corrected chi connectivity index (χ3v) is 6.95. The van der Waals surface area contributed by atoms with Gasteiger partial charge in [0.15, 0.2) is 5.58 Å². The van der Waals surface area contributed by atoms with Gasteiger partial charge in [0.1, 0.15) is 12.0 Å². The number of nitrogens with zero attached hydrogens (tertiary/aromatic N) is 4. The smallest absolute Gasteiger partial charge is 0.270 e. The van der Waals surface area contributed by atoms with Gasteiger partial charge in [-0.3, -0.25) is 14.5 Å². The summed E-state index contributed by atoms with van der Waals surface area (Å²) in [4.78, 5) is 35.6. The number of amides is 2. The molecule has 0 aliphatic carbocycles. The number of pyridine rings is 1. The van der Waals surface area contributed by atoms with Crippen LogP contribution < -0.4 is 10.2 Å². The van der Waals surface area contributed by atoms with Crippen LogP contribution in [0.5, 0.6) is 0 Å². The highest BCUT2D eigenvalue weighted by Crippen LogP contribution is 2.33. The molecule has 0 spiro atoms. The summed E-state index contributed by atoms with van der Waals surface area (Å²) in [5.41, 5.74) is 1.86. The van der Waals surface area contributed by atoms with Crippen molar-refractivity contribution in [2.75, 3.05) is 44.7 Å². The van der Waals surface area contributed by atoms with E-state index in [2.05, 4.69) is 22.1 Å². The number of furan rings is 1. The van der Waals surface area contributed by atoms with Crippen molar-refractivity contribution in [2.24, 2.45) is 5.92 Å². The second-order valence-electron chi connectivity index (χ2n) is 8.54. The van der Waals surface area contributed by atoms with Gasteiger partial charge >= 0.3 is 0 Å². The summed E-state index contributed by atoms with van der Waals surface area (Å²) in [5.74, 6) is 0.483. The maximum Gasteiger partial charge on any atom is 0.270 e. The van der Waals surface area contributed by atoms with Gasteiger partial charge in [0.25, 0.3) is 5.91 Å². The lowest BCUT2D eigenvalue weighted by molar-refractivity contribution is -0.129. The summed E-state index contributed by atoms with van der Waals surface area (Å²) in [6, 6.07) is 2.32. The fourth-order valence-corrected chi connectivity index (χ4v) is 5.02. The molecular formula is C21H27N5O3. The van der Waals surface area contributed by atoms with Crippen LogP contribution in [0.25, 0.3) is 11.0 Å². The Labute approximate surface area is 169 Å². The molecule has 2 bridgehead atoms. The van der Waals surface area contributed by atoms with Crippen molar-refractivity contribution in [3.8, 4) is 0 Å². The normalized spacial score (nSPS) is 29.5. The van der Waals surface area contributed by atoms with Crippen molar-refractivity contribution in [3.63, 3.8) is 0 Å². The lowest BCUT2D eigenvalue weighted by atomic mass is 9.79. The number of nitrogens with one attached hydrogen (secondary N) is 1. The summed E-state index contributed by atoms with van der Waals surface area (Å²) < 4.78 is 5.64. The van der Waals surface area contributed by atoms with E-state index >= 15 is 0 Å². The number of carbonyl (C=O) groups is 2. The molecule has 1 N–H and O–H groups in total. The van der Waals surface area contributed by atoms with Gasteiger partial charge in [-0.15, -0.1) is 0 Å². The van der Waals surface area contributed by atoms with E-state index in [1.54, 1.807) is 23.4 Å². The molecule has 154 valence electrons. The average molecular weight is 397 g/mol. The zero-order valence-electron chi connectivity index (χ0n) is 16.9. The summed E-state index contributed by atoms with van der Waals surface area (Å²) in [7, 11) is 1.81. The van der Waals surface area contributed by atoms with Gasteiger partial charge in [-0.05, 0) is 44.8 Å². The number of hydrogen-bond donors (Lipinski definition) is 1. The maximum atomic E-state index is 13.0. The predicted molar refractivity (Wildman–Crippen MR) is 109 cm³/mol. The second-order valence-corrected chi connectivity index (χ2v) is 8.54. The molecule has 2 aromatic rings. The third-order valence-electron chi connectivity index (χ3n) is 6.95. The second kappa shape index (κ2) is 7.02. The zero-order valence-corrected chi connectivity index (χ0v) is 16.9. The Hall–Kier alpha value is -2.61. The molecule has 4 saturated heterocycles. The average Bonchev–Trinajstić information content (AvgIpc) is 3.16. The first-order valence-corrected chi connectivity index (χ1v) is 10.4. The molecule has 6 rings (SSSR count). The van der Waals surface area contributed by atoms with E-state index in [0.29, 0.717) is 36.3 Å². The van der Waals surface area contributed by atoms with E-state index in [9.17, 15) is 9.59 Å². The number of anilines is 1. The van der Waals surface area contributed by atoms with E-state index in [1.807, 2.05) is 11.9 Å². The number of rotatable bonds is 3. The molecule has 8 nitrogen and oxygen atoms in total. The minimum Gasteiger partial charge on any atom is -0.460 e. The molecule has 6 heterocycles. The van der Waals surface area contributed by atoms with Crippen LogP contribution in [0.4, 0.5) is 5.69 Å². The van der Waals surface area contributed by atoms with Crippen molar-refractivity contribution >= 4 is 28.5 Å². The minimum atomic E-state index is -0.140. The van der Waals surface area contributed by atoms with Crippen LogP contribution in [0.3, 0.4) is 0 Å². The van der Waals surface area contributed by atoms with Crippen molar-refractivity contribution < 1.29 is 14.0 Å². The van der Waals surface area contributed by atoms with E-state index in [1.165, 1.54) is 0 Å². The molecule has 2 aromatic heterocycles. The largest absolute Gasteiger partial charge is 0.460 e. The monoisotopic (exact) mass is 397 g/mol. The summed E-state index contributed by atoms with van der Waals surface area (Å²) in [6.45, 7) is 6.17. The van der Waals surface area contributed by atoms with E-state index in [0.717, 1.165) is 43.5 Å². The fourth-order valence-electron chi connectivity index (χ4n) is 5.02. The number of fused-ring (bicyclic) bond motifs is 4. The molecule has 0 radical (unpaired) electrons. The summed E-state index contributed by atoms with van der Waals surface area (Å²) >= 11 is 0. The van der Waals surface area contributed by atoms with Gasteiger partial charge in [-0.1, -0.05) is 0 Å². The van der Waals surface area contributed by atoms with Crippen LogP contribution in [-0.4, -0.2) is 78.5 Å². The van der Waals surface area contributed by atoms with Gasteiger partial charge in [0, 0.05) is 37.6 Å². The maximum absolute atomic E-state index is 13.0. The molecule has 4 fully saturated rings. The standard InChI is InChI=1S/C21H27N5O3/c1-13-20(14-3-5-25(13)6-4-14)23-21(28)16-9-15-17(12-29-18(15)10-22-16)26-8-7-24(2)19(27)11-26/h9-10,12-14,20H,3-8,11H2,1-2H3,(H,23,28)/t13-,20-/m0/s1. The van der Waals surface area contributed by atoms with Gasteiger partial charge in [-0.2, -0.15) is 0 Å². The lowest BCUT2D eigenvalue weighted by Crippen LogP contribution is -2.62. The lowest BCUT2D eigenvalue weighted by Gasteiger charge is -2.49. The minimum absolute atomic E-state index is 0.0777. The quantitative estimate of drug-likeness (QED) is 0.841. The molecular weight excluding hydrogens is 370 g/mol. The van der Waals surface area contributed by atoms with Crippen LogP contribution >= 0.6 is 0 Å². The molecule has 4 aliphatic rings. The number of hydrogen-bond acceptors (Lipinski definition) is 6. The Balaban J connectivity index is 1.38. The first-order valence-electron chi connectivity index (χ1n) is 10.4.